The molecule has 22 heavy (non-hydrogen) atoms. The highest BCUT2D eigenvalue weighted by molar-refractivity contribution is 5.97. The average Bonchev–Trinajstić information content (AvgIpc) is 2.38. The highest BCUT2D eigenvalue weighted by Gasteiger charge is 2.17. The van der Waals surface area contributed by atoms with Crippen molar-refractivity contribution in [1.29, 1.82) is 0 Å². The molecular formula is C15H23ClFN3O2. The van der Waals surface area contributed by atoms with Crippen LogP contribution >= 0.6 is 12.4 Å². The lowest BCUT2D eigenvalue weighted by Gasteiger charge is -2.19. The minimum Gasteiger partial charge on any atom is -0.348 e. The summed E-state index contributed by atoms with van der Waals surface area (Å²) in [4.78, 5) is 23.1. The molecule has 1 aromatic rings. The lowest BCUT2D eigenvalue weighted by Crippen LogP contribution is -2.41. The molecule has 0 aliphatic carbocycles. The molecule has 0 saturated heterocycles. The summed E-state index contributed by atoms with van der Waals surface area (Å²) in [5.74, 6) is -1.08. The summed E-state index contributed by atoms with van der Waals surface area (Å²) in [5, 5.41) is 5.24. The molecule has 1 rings (SSSR count). The Morgan fingerprint density at radius 3 is 2.45 bits per heavy atom. The van der Waals surface area contributed by atoms with E-state index in [1.54, 1.807) is 0 Å². The summed E-state index contributed by atoms with van der Waals surface area (Å²) in [7, 11) is 0. The van der Waals surface area contributed by atoms with Gasteiger partial charge in [0.05, 0.1) is 5.56 Å². The Bertz CT molecular complexity index is 524. The number of halogens is 2. The molecule has 1 atom stereocenters. The van der Waals surface area contributed by atoms with Gasteiger partial charge in [-0.05, 0) is 30.5 Å². The van der Waals surface area contributed by atoms with Gasteiger partial charge in [0.25, 0.3) is 5.91 Å². The van der Waals surface area contributed by atoms with Crippen molar-refractivity contribution < 1.29 is 14.0 Å². The van der Waals surface area contributed by atoms with Crippen LogP contribution in [0.3, 0.4) is 0 Å². The zero-order valence-electron chi connectivity index (χ0n) is 13.0. The SMILES string of the molecule is CC(=O)Nc1ccc(F)c(C(=O)NC(CN)CC(C)C)c1.Cl. The van der Waals surface area contributed by atoms with E-state index in [2.05, 4.69) is 10.6 Å². The molecule has 4 N–H and O–H groups in total. The van der Waals surface area contributed by atoms with Crippen molar-refractivity contribution in [1.82, 2.24) is 5.32 Å². The predicted molar refractivity (Wildman–Crippen MR) is 87.7 cm³/mol. The molecule has 7 heteroatoms. The molecule has 0 aromatic heterocycles. The number of amides is 2. The lowest BCUT2D eigenvalue weighted by atomic mass is 10.0. The third-order valence-electron chi connectivity index (χ3n) is 2.91. The van der Waals surface area contributed by atoms with Gasteiger partial charge in [0, 0.05) is 25.2 Å². The van der Waals surface area contributed by atoms with E-state index in [0.29, 0.717) is 11.6 Å². The van der Waals surface area contributed by atoms with E-state index >= 15 is 0 Å². The molecule has 0 saturated carbocycles. The molecule has 0 spiro atoms. The Morgan fingerprint density at radius 2 is 1.95 bits per heavy atom. The van der Waals surface area contributed by atoms with Crippen LogP contribution in [0.1, 0.15) is 37.6 Å². The van der Waals surface area contributed by atoms with Crippen LogP contribution in [0, 0.1) is 11.7 Å². The molecule has 0 bridgehead atoms. The summed E-state index contributed by atoms with van der Waals surface area (Å²) in [6.45, 7) is 5.67. The van der Waals surface area contributed by atoms with Gasteiger partial charge in [-0.3, -0.25) is 9.59 Å². The number of anilines is 1. The van der Waals surface area contributed by atoms with Gasteiger partial charge in [-0.1, -0.05) is 13.8 Å². The van der Waals surface area contributed by atoms with Crippen LogP contribution in [0.15, 0.2) is 18.2 Å². The van der Waals surface area contributed by atoms with Crippen molar-refractivity contribution >= 4 is 29.9 Å². The fourth-order valence-electron chi connectivity index (χ4n) is 2.03. The number of carbonyl (C=O) groups excluding carboxylic acids is 2. The normalized spacial score (nSPS) is 11.5. The van der Waals surface area contributed by atoms with Crippen LogP contribution in [0.25, 0.3) is 0 Å². The zero-order valence-corrected chi connectivity index (χ0v) is 13.8. The Kier molecular flexibility index (Phi) is 8.67. The molecule has 2 amide bonds. The molecule has 0 aliphatic heterocycles. The van der Waals surface area contributed by atoms with Crippen LogP contribution in [0.5, 0.6) is 0 Å². The summed E-state index contributed by atoms with van der Waals surface area (Å²) < 4.78 is 13.8. The molecule has 0 fully saturated rings. The van der Waals surface area contributed by atoms with Gasteiger partial charge in [-0.15, -0.1) is 12.4 Å². The molecule has 1 unspecified atom stereocenters. The van der Waals surface area contributed by atoms with Gasteiger partial charge in [0.2, 0.25) is 5.91 Å². The summed E-state index contributed by atoms with van der Waals surface area (Å²) in [6, 6.07) is 3.67. The first kappa shape index (κ1) is 20.3. The number of benzene rings is 1. The standard InChI is InChI=1S/C15H22FN3O2.ClH/c1-9(2)6-12(8-17)19-15(21)13-7-11(18-10(3)20)4-5-14(13)16;/h4-5,7,9,12H,6,8,17H2,1-3H3,(H,18,20)(H,19,21);1H. The van der Waals surface area contributed by atoms with E-state index in [1.807, 2.05) is 13.8 Å². The second-order valence-electron chi connectivity index (χ2n) is 5.41. The number of hydrogen-bond donors (Lipinski definition) is 3. The van der Waals surface area contributed by atoms with Crippen molar-refractivity contribution in [3.8, 4) is 0 Å². The molecule has 1 aromatic carbocycles. The lowest BCUT2D eigenvalue weighted by molar-refractivity contribution is -0.114. The van der Waals surface area contributed by atoms with Gasteiger partial charge in [-0.25, -0.2) is 4.39 Å². The first-order chi connectivity index (χ1) is 9.83. The molecular weight excluding hydrogens is 309 g/mol. The van der Waals surface area contributed by atoms with Crippen LogP contribution in [-0.4, -0.2) is 24.4 Å². The molecule has 5 nitrogen and oxygen atoms in total. The van der Waals surface area contributed by atoms with E-state index in [4.69, 9.17) is 5.73 Å². The van der Waals surface area contributed by atoms with E-state index in [0.717, 1.165) is 12.5 Å². The van der Waals surface area contributed by atoms with Crippen LogP contribution in [-0.2, 0) is 4.79 Å². The average molecular weight is 332 g/mol. The first-order valence-electron chi connectivity index (χ1n) is 6.91. The Balaban J connectivity index is 0.00000441. The van der Waals surface area contributed by atoms with Crippen molar-refractivity contribution in [2.75, 3.05) is 11.9 Å². The fraction of sp³-hybridized carbons (Fsp3) is 0.467. The van der Waals surface area contributed by atoms with Crippen LogP contribution < -0.4 is 16.4 Å². The number of rotatable bonds is 6. The summed E-state index contributed by atoms with van der Waals surface area (Å²) >= 11 is 0. The molecule has 0 radical (unpaired) electrons. The minimum atomic E-state index is -0.637. The van der Waals surface area contributed by atoms with Gasteiger partial charge >= 0.3 is 0 Å². The molecule has 0 aliphatic rings. The maximum absolute atomic E-state index is 13.8. The number of nitrogens with two attached hydrogens (primary N) is 1. The third-order valence-corrected chi connectivity index (χ3v) is 2.91. The molecule has 0 heterocycles. The highest BCUT2D eigenvalue weighted by Crippen LogP contribution is 2.15. The Labute approximate surface area is 136 Å². The van der Waals surface area contributed by atoms with Gasteiger partial charge in [-0.2, -0.15) is 0 Å². The van der Waals surface area contributed by atoms with Crippen LogP contribution in [0.2, 0.25) is 0 Å². The van der Waals surface area contributed by atoms with Gasteiger partial charge in [0.15, 0.2) is 0 Å². The molecule has 124 valence electrons. The van der Waals surface area contributed by atoms with Gasteiger partial charge in [0.1, 0.15) is 5.82 Å². The zero-order chi connectivity index (χ0) is 16.0. The van der Waals surface area contributed by atoms with Crippen molar-refractivity contribution in [2.24, 2.45) is 11.7 Å². The second-order valence-corrected chi connectivity index (χ2v) is 5.41. The van der Waals surface area contributed by atoms with Crippen LogP contribution in [0.4, 0.5) is 10.1 Å². The quantitative estimate of drug-likeness (QED) is 0.748. The topological polar surface area (TPSA) is 84.2 Å². The number of carbonyl (C=O) groups is 2. The second kappa shape index (κ2) is 9.38. The van der Waals surface area contributed by atoms with E-state index in [1.165, 1.54) is 19.1 Å². The van der Waals surface area contributed by atoms with E-state index < -0.39 is 11.7 Å². The van der Waals surface area contributed by atoms with Crippen molar-refractivity contribution in [3.63, 3.8) is 0 Å². The first-order valence-corrected chi connectivity index (χ1v) is 6.91. The maximum Gasteiger partial charge on any atom is 0.254 e. The number of nitrogens with one attached hydrogen (secondary N) is 2. The maximum atomic E-state index is 13.8. The Hall–Kier alpha value is -1.66. The van der Waals surface area contributed by atoms with Crippen molar-refractivity contribution in [3.05, 3.63) is 29.6 Å². The Morgan fingerprint density at radius 1 is 1.32 bits per heavy atom. The minimum absolute atomic E-state index is 0. The monoisotopic (exact) mass is 331 g/mol. The third kappa shape index (κ3) is 6.41. The van der Waals surface area contributed by atoms with E-state index in [9.17, 15) is 14.0 Å². The van der Waals surface area contributed by atoms with Gasteiger partial charge < -0.3 is 16.4 Å². The van der Waals surface area contributed by atoms with E-state index in [-0.39, 0.29) is 36.5 Å². The smallest absolute Gasteiger partial charge is 0.254 e. The highest BCUT2D eigenvalue weighted by atomic mass is 35.5. The predicted octanol–water partition coefficient (Wildman–Crippen LogP) is 2.31. The van der Waals surface area contributed by atoms with Crippen molar-refractivity contribution in [2.45, 2.75) is 33.2 Å². The fourth-order valence-corrected chi connectivity index (χ4v) is 2.03. The summed E-state index contributed by atoms with van der Waals surface area (Å²) in [6.07, 6.45) is 0.718. The largest absolute Gasteiger partial charge is 0.348 e. The number of hydrogen-bond acceptors (Lipinski definition) is 3. The summed E-state index contributed by atoms with van der Waals surface area (Å²) in [5.41, 5.74) is 5.88.